The zero-order chi connectivity index (χ0) is 17.6. The number of hydrogen-bond acceptors (Lipinski definition) is 4. The summed E-state index contributed by atoms with van der Waals surface area (Å²) in [6, 6.07) is -0.854. The molecule has 0 saturated heterocycles. The van der Waals surface area contributed by atoms with Crippen LogP contribution in [0.4, 0.5) is 4.79 Å². The zero-order valence-electron chi connectivity index (χ0n) is 14.8. The first-order chi connectivity index (χ1) is 10.6. The lowest BCUT2D eigenvalue weighted by atomic mass is 9.98. The second kappa shape index (κ2) is 8.29. The van der Waals surface area contributed by atoms with Gasteiger partial charge in [0.1, 0.15) is 6.04 Å². The van der Waals surface area contributed by atoms with Crippen molar-refractivity contribution in [3.05, 3.63) is 16.1 Å². The van der Waals surface area contributed by atoms with E-state index < -0.39 is 6.04 Å². The molecule has 3 amide bonds. The number of amides is 3. The Hall–Kier alpha value is -1.63. The molecule has 23 heavy (non-hydrogen) atoms. The Morgan fingerprint density at radius 1 is 1.26 bits per heavy atom. The van der Waals surface area contributed by atoms with Gasteiger partial charge in [-0.1, -0.05) is 27.7 Å². The van der Waals surface area contributed by atoms with E-state index in [4.69, 9.17) is 0 Å². The van der Waals surface area contributed by atoms with Crippen LogP contribution in [0, 0.1) is 0 Å². The lowest BCUT2D eigenvalue weighted by Gasteiger charge is -2.17. The van der Waals surface area contributed by atoms with Crippen LogP contribution in [0.25, 0.3) is 0 Å². The molecule has 0 unspecified atom stereocenters. The van der Waals surface area contributed by atoms with Crippen molar-refractivity contribution in [2.75, 3.05) is 0 Å². The number of thiazole rings is 1. The number of aromatic nitrogens is 1. The fourth-order valence-corrected chi connectivity index (χ4v) is 2.59. The molecule has 0 radical (unpaired) electrons. The van der Waals surface area contributed by atoms with Crippen LogP contribution in [0.3, 0.4) is 0 Å². The van der Waals surface area contributed by atoms with Crippen LogP contribution in [0.15, 0.2) is 5.38 Å². The fraction of sp³-hybridized carbons (Fsp3) is 0.688. The summed E-state index contributed by atoms with van der Waals surface area (Å²) in [6.45, 7) is 12.2. The van der Waals surface area contributed by atoms with E-state index in [2.05, 4.69) is 41.7 Å². The molecule has 7 heteroatoms. The monoisotopic (exact) mass is 340 g/mol. The Labute approximate surface area is 142 Å². The fourth-order valence-electron chi connectivity index (χ4n) is 1.69. The Bertz CT molecular complexity index is 536. The molecule has 1 rings (SSSR count). The smallest absolute Gasteiger partial charge is 0.315 e. The van der Waals surface area contributed by atoms with E-state index in [0.717, 1.165) is 17.1 Å². The van der Waals surface area contributed by atoms with Crippen molar-refractivity contribution >= 4 is 23.3 Å². The van der Waals surface area contributed by atoms with Gasteiger partial charge < -0.3 is 16.0 Å². The van der Waals surface area contributed by atoms with Crippen LogP contribution in [0.1, 0.15) is 58.7 Å². The Balaban J connectivity index is 2.42. The van der Waals surface area contributed by atoms with E-state index in [1.807, 2.05) is 19.2 Å². The van der Waals surface area contributed by atoms with Crippen molar-refractivity contribution in [3.8, 4) is 0 Å². The van der Waals surface area contributed by atoms with E-state index >= 15 is 0 Å². The second-order valence-electron chi connectivity index (χ2n) is 6.76. The molecule has 0 saturated carbocycles. The van der Waals surface area contributed by atoms with Gasteiger partial charge in [-0.05, 0) is 20.3 Å². The first-order valence-corrected chi connectivity index (χ1v) is 8.81. The molecule has 0 aliphatic carbocycles. The maximum Gasteiger partial charge on any atom is 0.315 e. The molecule has 0 fully saturated rings. The molecule has 6 nitrogen and oxygen atoms in total. The Morgan fingerprint density at radius 2 is 1.91 bits per heavy atom. The van der Waals surface area contributed by atoms with Gasteiger partial charge in [-0.3, -0.25) is 4.79 Å². The Kier molecular flexibility index (Phi) is 7.00. The summed E-state index contributed by atoms with van der Waals surface area (Å²) in [4.78, 5) is 28.3. The topological polar surface area (TPSA) is 83.1 Å². The highest BCUT2D eigenvalue weighted by Crippen LogP contribution is 2.25. The van der Waals surface area contributed by atoms with Gasteiger partial charge in [0.2, 0.25) is 5.91 Å². The summed E-state index contributed by atoms with van der Waals surface area (Å²) >= 11 is 1.59. The molecule has 0 aliphatic heterocycles. The minimum Gasteiger partial charge on any atom is -0.352 e. The summed E-state index contributed by atoms with van der Waals surface area (Å²) < 4.78 is 0. The van der Waals surface area contributed by atoms with Gasteiger partial charge in [0.25, 0.3) is 0 Å². The van der Waals surface area contributed by atoms with Crippen molar-refractivity contribution < 1.29 is 9.59 Å². The van der Waals surface area contributed by atoms with Crippen LogP contribution in [-0.4, -0.2) is 29.0 Å². The molecule has 2 atom stereocenters. The average Bonchev–Trinajstić information content (AvgIpc) is 2.93. The SMILES string of the molecule is CC[C@@H](C)NC(=O)[C@@H](C)NC(=O)NCc1csc(C(C)(C)C)n1. The first kappa shape index (κ1) is 19.4. The minimum absolute atomic E-state index is 0.00769. The highest BCUT2D eigenvalue weighted by molar-refractivity contribution is 7.09. The van der Waals surface area contributed by atoms with Crippen molar-refractivity contribution in [2.24, 2.45) is 0 Å². The largest absolute Gasteiger partial charge is 0.352 e. The zero-order valence-corrected chi connectivity index (χ0v) is 15.6. The van der Waals surface area contributed by atoms with E-state index in [0.29, 0.717) is 6.54 Å². The van der Waals surface area contributed by atoms with Gasteiger partial charge in [0.05, 0.1) is 17.2 Å². The number of carbonyl (C=O) groups excluding carboxylic acids is 2. The van der Waals surface area contributed by atoms with Crippen molar-refractivity contribution in [3.63, 3.8) is 0 Å². The van der Waals surface area contributed by atoms with Crippen LogP contribution < -0.4 is 16.0 Å². The van der Waals surface area contributed by atoms with Crippen LogP contribution in [-0.2, 0) is 16.8 Å². The van der Waals surface area contributed by atoms with Gasteiger partial charge in [0.15, 0.2) is 0 Å². The second-order valence-corrected chi connectivity index (χ2v) is 7.62. The maximum absolute atomic E-state index is 11.9. The highest BCUT2D eigenvalue weighted by atomic mass is 32.1. The summed E-state index contributed by atoms with van der Waals surface area (Å²) in [5.41, 5.74) is 0.833. The van der Waals surface area contributed by atoms with E-state index in [1.54, 1.807) is 18.3 Å². The van der Waals surface area contributed by atoms with Gasteiger partial charge >= 0.3 is 6.03 Å². The van der Waals surface area contributed by atoms with E-state index in [-0.39, 0.29) is 23.4 Å². The summed E-state index contributed by atoms with van der Waals surface area (Å²) in [6.07, 6.45) is 0.852. The predicted molar refractivity (Wildman–Crippen MR) is 93.5 cm³/mol. The third kappa shape index (κ3) is 6.56. The highest BCUT2D eigenvalue weighted by Gasteiger charge is 2.19. The lowest BCUT2D eigenvalue weighted by molar-refractivity contribution is -0.123. The molecule has 3 N–H and O–H groups in total. The lowest BCUT2D eigenvalue weighted by Crippen LogP contribution is -2.50. The van der Waals surface area contributed by atoms with Crippen molar-refractivity contribution in [2.45, 2.75) is 72.0 Å². The average molecular weight is 340 g/mol. The summed E-state index contributed by atoms with van der Waals surface area (Å²) in [5.74, 6) is -0.182. The molecule has 1 aromatic heterocycles. The molecule has 1 aromatic rings. The number of hydrogen-bond donors (Lipinski definition) is 3. The number of carbonyl (C=O) groups is 2. The van der Waals surface area contributed by atoms with Gasteiger partial charge in [-0.25, -0.2) is 9.78 Å². The molecule has 0 bridgehead atoms. The molecular weight excluding hydrogens is 312 g/mol. The molecule has 0 spiro atoms. The van der Waals surface area contributed by atoms with Crippen LogP contribution >= 0.6 is 11.3 Å². The predicted octanol–water partition coefficient (Wildman–Crippen LogP) is 2.54. The molecule has 1 heterocycles. The summed E-state index contributed by atoms with van der Waals surface area (Å²) in [7, 11) is 0. The number of rotatable bonds is 6. The van der Waals surface area contributed by atoms with Gasteiger partial charge in [0, 0.05) is 16.8 Å². The maximum atomic E-state index is 11.9. The Morgan fingerprint density at radius 3 is 2.43 bits per heavy atom. The quantitative estimate of drug-likeness (QED) is 0.744. The molecule has 0 aromatic carbocycles. The number of urea groups is 1. The van der Waals surface area contributed by atoms with Gasteiger partial charge in [-0.15, -0.1) is 11.3 Å². The number of nitrogens with zero attached hydrogens (tertiary/aromatic N) is 1. The molecular formula is C16H28N4O2S. The molecule has 130 valence electrons. The molecule has 0 aliphatic rings. The van der Waals surface area contributed by atoms with Crippen LogP contribution in [0.2, 0.25) is 0 Å². The summed E-state index contributed by atoms with van der Waals surface area (Å²) in [5, 5.41) is 11.2. The van der Waals surface area contributed by atoms with Crippen molar-refractivity contribution in [1.29, 1.82) is 0 Å². The normalized spacial score (nSPS) is 14.0. The first-order valence-electron chi connectivity index (χ1n) is 7.93. The van der Waals surface area contributed by atoms with E-state index in [1.165, 1.54) is 0 Å². The van der Waals surface area contributed by atoms with Crippen molar-refractivity contribution in [1.82, 2.24) is 20.9 Å². The van der Waals surface area contributed by atoms with E-state index in [9.17, 15) is 9.59 Å². The third-order valence-corrected chi connectivity index (χ3v) is 4.68. The number of nitrogens with one attached hydrogen (secondary N) is 3. The van der Waals surface area contributed by atoms with Gasteiger partial charge in [-0.2, -0.15) is 0 Å². The standard InChI is InChI=1S/C16H28N4O2S/c1-7-10(2)18-13(21)11(3)19-15(22)17-8-12-9-23-14(20-12)16(4,5)6/h9-11H,7-8H2,1-6H3,(H,18,21)(H2,17,19,22)/t10-,11-/m1/s1. The third-order valence-electron chi connectivity index (χ3n) is 3.37. The van der Waals surface area contributed by atoms with Crippen LogP contribution in [0.5, 0.6) is 0 Å². The minimum atomic E-state index is -0.579.